The predicted octanol–water partition coefficient (Wildman–Crippen LogP) is 5.04. The molecule has 0 radical (unpaired) electrons. The van der Waals surface area contributed by atoms with Crippen LogP contribution in [0.3, 0.4) is 0 Å². The van der Waals surface area contributed by atoms with Gasteiger partial charge in [0.05, 0.1) is 11.6 Å². The molecular formula is C25H19BrN2O4. The van der Waals surface area contributed by atoms with Crippen molar-refractivity contribution in [2.75, 3.05) is 11.5 Å². The molecule has 7 heteroatoms. The molecule has 1 amide bonds. The van der Waals surface area contributed by atoms with E-state index in [4.69, 9.17) is 4.74 Å². The molecule has 3 aromatic rings. The number of ketones is 1. The maximum atomic E-state index is 13.1. The van der Waals surface area contributed by atoms with Crippen LogP contribution in [0.4, 0.5) is 5.82 Å². The number of aromatic nitrogens is 1. The number of aliphatic hydroxyl groups excluding tert-OH is 1. The molecular weight excluding hydrogens is 472 g/mol. The van der Waals surface area contributed by atoms with Crippen molar-refractivity contribution in [3.05, 3.63) is 107 Å². The first-order valence-electron chi connectivity index (χ1n) is 9.83. The molecule has 1 aliphatic heterocycles. The highest BCUT2D eigenvalue weighted by atomic mass is 79.9. The topological polar surface area (TPSA) is 79.7 Å². The summed E-state index contributed by atoms with van der Waals surface area (Å²) in [5.41, 5.74) is 1.06. The molecule has 2 aromatic carbocycles. The van der Waals surface area contributed by atoms with Gasteiger partial charge in [0, 0.05) is 16.2 Å². The molecule has 4 rings (SSSR count). The fourth-order valence-corrected chi connectivity index (χ4v) is 3.99. The predicted molar refractivity (Wildman–Crippen MR) is 125 cm³/mol. The van der Waals surface area contributed by atoms with Crippen LogP contribution in [0.5, 0.6) is 5.75 Å². The molecule has 0 saturated carbocycles. The van der Waals surface area contributed by atoms with E-state index in [-0.39, 0.29) is 11.3 Å². The Morgan fingerprint density at radius 3 is 2.56 bits per heavy atom. The minimum Gasteiger partial charge on any atom is -0.507 e. The third-order valence-corrected chi connectivity index (χ3v) is 5.49. The summed E-state index contributed by atoms with van der Waals surface area (Å²) in [6.45, 7) is 3.96. The first-order valence-corrected chi connectivity index (χ1v) is 10.6. The summed E-state index contributed by atoms with van der Waals surface area (Å²) in [7, 11) is 0. The number of rotatable bonds is 6. The number of hydrogen-bond donors (Lipinski definition) is 1. The van der Waals surface area contributed by atoms with Crippen LogP contribution in [-0.4, -0.2) is 28.4 Å². The first kappa shape index (κ1) is 21.5. The van der Waals surface area contributed by atoms with E-state index in [9.17, 15) is 14.7 Å². The fraction of sp³-hybridized carbons (Fsp3) is 0.0800. The van der Waals surface area contributed by atoms with Crippen molar-refractivity contribution in [3.8, 4) is 5.75 Å². The van der Waals surface area contributed by atoms with Gasteiger partial charge in [-0.3, -0.25) is 14.5 Å². The van der Waals surface area contributed by atoms with E-state index < -0.39 is 17.7 Å². The molecule has 1 aliphatic rings. The normalized spacial score (nSPS) is 17.4. The van der Waals surface area contributed by atoms with Crippen molar-refractivity contribution in [1.29, 1.82) is 0 Å². The number of benzene rings is 2. The minimum absolute atomic E-state index is 0.00138. The van der Waals surface area contributed by atoms with Crippen molar-refractivity contribution in [3.63, 3.8) is 0 Å². The van der Waals surface area contributed by atoms with E-state index in [2.05, 4.69) is 27.5 Å². The van der Waals surface area contributed by atoms with Gasteiger partial charge in [0.15, 0.2) is 0 Å². The Kier molecular flexibility index (Phi) is 6.18. The highest BCUT2D eigenvalue weighted by molar-refractivity contribution is 9.10. The number of Topliss-reactive ketones (excluding diaryl/α,β-unsaturated/α-hetero) is 1. The summed E-state index contributed by atoms with van der Waals surface area (Å²) in [6.07, 6.45) is 3.18. The summed E-state index contributed by atoms with van der Waals surface area (Å²) in [4.78, 5) is 31.7. The molecule has 1 saturated heterocycles. The Balaban J connectivity index is 1.85. The molecule has 0 bridgehead atoms. The smallest absolute Gasteiger partial charge is 0.301 e. The van der Waals surface area contributed by atoms with Gasteiger partial charge in [-0.15, -0.1) is 0 Å². The SMILES string of the molecule is C=CCOc1ccc(C(O)=C2C(=O)C(=O)N(c3ccccn3)C2c2cccc(Br)c2)cc1. The van der Waals surface area contributed by atoms with Crippen LogP contribution in [0, 0.1) is 0 Å². The maximum Gasteiger partial charge on any atom is 0.301 e. The second kappa shape index (κ2) is 9.20. The summed E-state index contributed by atoms with van der Waals surface area (Å²) >= 11 is 3.44. The molecule has 1 atom stereocenters. The number of hydrogen-bond acceptors (Lipinski definition) is 5. The second-order valence-corrected chi connectivity index (χ2v) is 7.95. The van der Waals surface area contributed by atoms with Gasteiger partial charge >= 0.3 is 5.91 Å². The number of nitrogens with zero attached hydrogens (tertiary/aromatic N) is 2. The van der Waals surface area contributed by atoms with E-state index in [1.807, 2.05) is 18.2 Å². The number of anilines is 1. The lowest BCUT2D eigenvalue weighted by Gasteiger charge is -2.24. The summed E-state index contributed by atoms with van der Waals surface area (Å²) in [5.74, 6) is -0.862. The molecule has 1 aromatic heterocycles. The van der Waals surface area contributed by atoms with Gasteiger partial charge in [-0.1, -0.05) is 46.8 Å². The third kappa shape index (κ3) is 4.07. The number of pyridine rings is 1. The molecule has 32 heavy (non-hydrogen) atoms. The number of halogens is 1. The lowest BCUT2D eigenvalue weighted by atomic mass is 9.95. The van der Waals surface area contributed by atoms with E-state index in [1.54, 1.807) is 60.8 Å². The number of carbonyl (C=O) groups excluding carboxylic acids is 2. The lowest BCUT2D eigenvalue weighted by molar-refractivity contribution is -0.132. The number of ether oxygens (including phenoxy) is 1. The zero-order valence-corrected chi connectivity index (χ0v) is 18.5. The fourth-order valence-electron chi connectivity index (χ4n) is 3.58. The van der Waals surface area contributed by atoms with Crippen LogP contribution in [0.25, 0.3) is 5.76 Å². The van der Waals surface area contributed by atoms with Gasteiger partial charge in [0.25, 0.3) is 5.78 Å². The minimum atomic E-state index is -0.834. The van der Waals surface area contributed by atoms with Gasteiger partial charge in [-0.25, -0.2) is 4.98 Å². The van der Waals surface area contributed by atoms with Crippen LogP contribution in [0.2, 0.25) is 0 Å². The maximum absolute atomic E-state index is 13.1. The van der Waals surface area contributed by atoms with Crippen LogP contribution in [-0.2, 0) is 9.59 Å². The average molecular weight is 491 g/mol. The summed E-state index contributed by atoms with van der Waals surface area (Å²) in [6, 6.07) is 18.2. The Bertz CT molecular complexity index is 1210. The monoisotopic (exact) mass is 490 g/mol. The Morgan fingerprint density at radius 2 is 1.91 bits per heavy atom. The molecule has 1 fully saturated rings. The van der Waals surface area contributed by atoms with Gasteiger partial charge in [-0.2, -0.15) is 0 Å². The van der Waals surface area contributed by atoms with Crippen molar-refractivity contribution in [1.82, 2.24) is 4.98 Å². The number of amides is 1. The standard InChI is InChI=1S/C25H19BrN2O4/c1-2-14-32-19-11-9-16(10-12-19)23(29)21-22(17-6-5-7-18(26)15-17)28(25(31)24(21)30)20-8-3-4-13-27-20/h2-13,15,22,29H,1,14H2. The third-order valence-electron chi connectivity index (χ3n) is 5.00. The number of carbonyl (C=O) groups is 2. The van der Waals surface area contributed by atoms with Crippen LogP contribution in [0.15, 0.2) is 95.6 Å². The molecule has 0 aliphatic carbocycles. The van der Waals surface area contributed by atoms with E-state index in [0.717, 1.165) is 4.47 Å². The molecule has 2 heterocycles. The van der Waals surface area contributed by atoms with Crippen molar-refractivity contribution >= 4 is 39.2 Å². The van der Waals surface area contributed by atoms with Crippen molar-refractivity contribution in [2.24, 2.45) is 0 Å². The van der Waals surface area contributed by atoms with Gasteiger partial charge in [-0.05, 0) is 54.1 Å². The average Bonchev–Trinajstić information content (AvgIpc) is 3.08. The molecule has 1 unspecified atom stereocenters. The van der Waals surface area contributed by atoms with Gasteiger partial charge < -0.3 is 9.84 Å². The van der Waals surface area contributed by atoms with Crippen LogP contribution >= 0.6 is 15.9 Å². The Morgan fingerprint density at radius 1 is 1.12 bits per heavy atom. The summed E-state index contributed by atoms with van der Waals surface area (Å²) in [5, 5.41) is 11.1. The van der Waals surface area contributed by atoms with E-state index in [0.29, 0.717) is 29.3 Å². The largest absolute Gasteiger partial charge is 0.507 e. The Hall–Kier alpha value is -3.71. The lowest BCUT2D eigenvalue weighted by Crippen LogP contribution is -2.30. The molecule has 6 nitrogen and oxygen atoms in total. The van der Waals surface area contributed by atoms with Gasteiger partial charge in [0.1, 0.15) is 23.9 Å². The van der Waals surface area contributed by atoms with Crippen LogP contribution in [0.1, 0.15) is 17.2 Å². The first-order chi connectivity index (χ1) is 15.5. The Labute approximate surface area is 193 Å². The molecule has 0 spiro atoms. The van der Waals surface area contributed by atoms with E-state index >= 15 is 0 Å². The second-order valence-electron chi connectivity index (χ2n) is 7.04. The highest BCUT2D eigenvalue weighted by Crippen LogP contribution is 2.42. The summed E-state index contributed by atoms with van der Waals surface area (Å²) < 4.78 is 6.26. The van der Waals surface area contributed by atoms with Crippen LogP contribution < -0.4 is 9.64 Å². The van der Waals surface area contributed by atoms with Gasteiger partial charge in [0.2, 0.25) is 0 Å². The molecule has 1 N–H and O–H groups in total. The zero-order valence-electron chi connectivity index (χ0n) is 16.9. The van der Waals surface area contributed by atoms with Crippen molar-refractivity contribution < 1.29 is 19.4 Å². The zero-order chi connectivity index (χ0) is 22.7. The quantitative estimate of drug-likeness (QED) is 0.226. The number of aliphatic hydroxyl groups is 1. The van der Waals surface area contributed by atoms with Crippen molar-refractivity contribution in [2.45, 2.75) is 6.04 Å². The highest BCUT2D eigenvalue weighted by Gasteiger charge is 2.47. The molecule has 160 valence electrons. The van der Waals surface area contributed by atoms with E-state index in [1.165, 1.54) is 4.90 Å².